The van der Waals surface area contributed by atoms with Gasteiger partial charge in [-0.25, -0.2) is 4.79 Å². The van der Waals surface area contributed by atoms with Crippen LogP contribution in [0.5, 0.6) is 0 Å². The average molecular weight is 289 g/mol. The first kappa shape index (κ1) is 16.0. The van der Waals surface area contributed by atoms with E-state index in [2.05, 4.69) is 32.7 Å². The third-order valence-electron chi connectivity index (χ3n) is 4.62. The molecule has 1 aliphatic rings. The number of aromatic carboxylic acids is 1. The molecular formula is C18H27NO2. The molecule has 0 spiro atoms. The second kappa shape index (κ2) is 6.18. The zero-order valence-corrected chi connectivity index (χ0v) is 13.6. The Labute approximate surface area is 128 Å². The quantitative estimate of drug-likeness (QED) is 0.909. The second-order valence-electron chi connectivity index (χ2n) is 7.48. The smallest absolute Gasteiger partial charge is 0.335 e. The van der Waals surface area contributed by atoms with Crippen LogP contribution in [0, 0.1) is 11.3 Å². The Morgan fingerprint density at radius 3 is 2.43 bits per heavy atom. The fraction of sp³-hybridized carbons (Fsp3) is 0.611. The van der Waals surface area contributed by atoms with Crippen molar-refractivity contribution in [2.24, 2.45) is 11.3 Å². The Morgan fingerprint density at radius 1 is 1.29 bits per heavy atom. The van der Waals surface area contributed by atoms with E-state index in [1.807, 2.05) is 12.1 Å². The summed E-state index contributed by atoms with van der Waals surface area (Å²) in [6.07, 6.45) is 3.80. The van der Waals surface area contributed by atoms with E-state index in [9.17, 15) is 4.79 Å². The van der Waals surface area contributed by atoms with Crippen LogP contribution in [0.3, 0.4) is 0 Å². The Hall–Kier alpha value is -1.35. The number of benzene rings is 1. The van der Waals surface area contributed by atoms with E-state index in [0.29, 0.717) is 17.0 Å². The van der Waals surface area contributed by atoms with Crippen molar-refractivity contribution in [3.8, 4) is 0 Å². The predicted molar refractivity (Wildman–Crippen MR) is 85.5 cm³/mol. The van der Waals surface area contributed by atoms with Gasteiger partial charge in [-0.2, -0.15) is 0 Å². The summed E-state index contributed by atoms with van der Waals surface area (Å²) in [6.45, 7) is 7.97. The lowest BCUT2D eigenvalue weighted by molar-refractivity contribution is 0.0696. The van der Waals surface area contributed by atoms with Gasteiger partial charge in [0.1, 0.15) is 0 Å². The van der Waals surface area contributed by atoms with Crippen molar-refractivity contribution in [3.63, 3.8) is 0 Å². The van der Waals surface area contributed by atoms with E-state index < -0.39 is 5.97 Å². The highest BCUT2D eigenvalue weighted by molar-refractivity contribution is 5.87. The maximum atomic E-state index is 10.9. The summed E-state index contributed by atoms with van der Waals surface area (Å²) in [5.41, 5.74) is 1.95. The molecule has 0 aliphatic heterocycles. The molecule has 0 amide bonds. The summed E-state index contributed by atoms with van der Waals surface area (Å²) in [6, 6.07) is 7.86. The lowest BCUT2D eigenvalue weighted by atomic mass is 9.70. The molecule has 3 heteroatoms. The summed E-state index contributed by atoms with van der Waals surface area (Å²) < 4.78 is 0. The van der Waals surface area contributed by atoms with Gasteiger partial charge in [-0.15, -0.1) is 0 Å². The third kappa shape index (κ3) is 4.31. The van der Waals surface area contributed by atoms with Gasteiger partial charge in [-0.05, 0) is 55.3 Å². The van der Waals surface area contributed by atoms with Gasteiger partial charge < -0.3 is 5.11 Å². The molecule has 0 bridgehead atoms. The summed E-state index contributed by atoms with van der Waals surface area (Å²) >= 11 is 0. The van der Waals surface area contributed by atoms with Crippen LogP contribution in [0.15, 0.2) is 24.3 Å². The average Bonchev–Trinajstić information content (AvgIpc) is 2.36. The van der Waals surface area contributed by atoms with Gasteiger partial charge in [-0.3, -0.25) is 4.90 Å². The Morgan fingerprint density at radius 2 is 1.90 bits per heavy atom. The van der Waals surface area contributed by atoms with E-state index in [4.69, 9.17) is 5.11 Å². The minimum atomic E-state index is -0.863. The molecule has 1 aromatic carbocycles. The van der Waals surface area contributed by atoms with Gasteiger partial charge in [0, 0.05) is 12.6 Å². The number of carboxylic acid groups (broad SMARTS) is 1. The molecule has 2 unspecified atom stereocenters. The number of hydrogen-bond donors (Lipinski definition) is 1. The van der Waals surface area contributed by atoms with Crippen molar-refractivity contribution >= 4 is 5.97 Å². The van der Waals surface area contributed by atoms with E-state index in [1.54, 1.807) is 12.1 Å². The first-order valence-electron chi connectivity index (χ1n) is 7.79. The van der Waals surface area contributed by atoms with Crippen LogP contribution in [0.1, 0.15) is 56.0 Å². The summed E-state index contributed by atoms with van der Waals surface area (Å²) in [7, 11) is 2.18. The maximum absolute atomic E-state index is 10.9. The van der Waals surface area contributed by atoms with Crippen LogP contribution in [-0.2, 0) is 6.54 Å². The largest absolute Gasteiger partial charge is 0.478 e. The van der Waals surface area contributed by atoms with Gasteiger partial charge in [0.05, 0.1) is 5.56 Å². The lowest BCUT2D eigenvalue weighted by Crippen LogP contribution is -2.41. The molecule has 1 aromatic rings. The number of nitrogens with zero attached hydrogens (tertiary/aromatic N) is 1. The van der Waals surface area contributed by atoms with Gasteiger partial charge in [0.15, 0.2) is 0 Å². The van der Waals surface area contributed by atoms with E-state index in [0.717, 1.165) is 12.5 Å². The van der Waals surface area contributed by atoms with E-state index in [1.165, 1.54) is 24.8 Å². The molecular weight excluding hydrogens is 262 g/mol. The molecule has 3 nitrogen and oxygen atoms in total. The van der Waals surface area contributed by atoms with Crippen molar-refractivity contribution in [2.75, 3.05) is 7.05 Å². The Bertz CT molecular complexity index is 492. The molecule has 1 saturated carbocycles. The molecule has 1 N–H and O–H groups in total. The normalized spacial score (nSPS) is 25.0. The highest BCUT2D eigenvalue weighted by Crippen LogP contribution is 2.40. The van der Waals surface area contributed by atoms with Crippen molar-refractivity contribution in [1.29, 1.82) is 0 Å². The van der Waals surface area contributed by atoms with Gasteiger partial charge >= 0.3 is 5.97 Å². The molecule has 21 heavy (non-hydrogen) atoms. The highest BCUT2D eigenvalue weighted by atomic mass is 16.4. The first-order chi connectivity index (χ1) is 9.77. The van der Waals surface area contributed by atoms with Crippen molar-refractivity contribution < 1.29 is 9.90 Å². The topological polar surface area (TPSA) is 40.5 Å². The molecule has 0 saturated heterocycles. The van der Waals surface area contributed by atoms with Gasteiger partial charge in [0.2, 0.25) is 0 Å². The Balaban J connectivity index is 2.00. The first-order valence-corrected chi connectivity index (χ1v) is 7.79. The van der Waals surface area contributed by atoms with Crippen molar-refractivity contribution in [2.45, 2.75) is 52.6 Å². The van der Waals surface area contributed by atoms with Crippen LogP contribution in [-0.4, -0.2) is 29.1 Å². The molecule has 2 atom stereocenters. The highest BCUT2D eigenvalue weighted by Gasteiger charge is 2.33. The minimum Gasteiger partial charge on any atom is -0.478 e. The SMILES string of the molecule is CC1CC(N(C)Cc2ccc(C(=O)O)cc2)CC(C)(C)C1. The fourth-order valence-corrected chi connectivity index (χ4v) is 3.80. The molecule has 0 aromatic heterocycles. The second-order valence-corrected chi connectivity index (χ2v) is 7.48. The lowest BCUT2D eigenvalue weighted by Gasteiger charge is -2.42. The molecule has 2 rings (SSSR count). The van der Waals surface area contributed by atoms with Gasteiger partial charge in [0.25, 0.3) is 0 Å². The molecule has 1 aliphatic carbocycles. The monoisotopic (exact) mass is 289 g/mol. The van der Waals surface area contributed by atoms with E-state index >= 15 is 0 Å². The van der Waals surface area contributed by atoms with Gasteiger partial charge in [-0.1, -0.05) is 32.9 Å². The summed E-state index contributed by atoms with van der Waals surface area (Å²) in [5, 5.41) is 8.94. The van der Waals surface area contributed by atoms with Crippen LogP contribution in [0.4, 0.5) is 0 Å². The molecule has 1 fully saturated rings. The standard InChI is InChI=1S/C18H27NO2/c1-13-9-16(11-18(2,3)10-13)19(4)12-14-5-7-15(8-6-14)17(20)21/h5-8,13,16H,9-12H2,1-4H3,(H,20,21). The zero-order chi connectivity index (χ0) is 15.6. The zero-order valence-electron chi connectivity index (χ0n) is 13.6. The molecule has 116 valence electrons. The maximum Gasteiger partial charge on any atom is 0.335 e. The van der Waals surface area contributed by atoms with Crippen LogP contribution in [0.25, 0.3) is 0 Å². The van der Waals surface area contributed by atoms with Crippen LogP contribution >= 0.6 is 0 Å². The minimum absolute atomic E-state index is 0.355. The third-order valence-corrected chi connectivity index (χ3v) is 4.62. The predicted octanol–water partition coefficient (Wildman–Crippen LogP) is 4.03. The number of hydrogen-bond acceptors (Lipinski definition) is 2. The van der Waals surface area contributed by atoms with Crippen molar-refractivity contribution in [1.82, 2.24) is 4.90 Å². The molecule has 0 radical (unpaired) electrons. The van der Waals surface area contributed by atoms with Crippen molar-refractivity contribution in [3.05, 3.63) is 35.4 Å². The Kier molecular flexibility index (Phi) is 4.72. The summed E-state index contributed by atoms with van der Waals surface area (Å²) in [5.74, 6) is -0.0895. The number of carbonyl (C=O) groups is 1. The molecule has 0 heterocycles. The number of rotatable bonds is 4. The number of carboxylic acids is 1. The van der Waals surface area contributed by atoms with Crippen LogP contribution < -0.4 is 0 Å². The fourth-order valence-electron chi connectivity index (χ4n) is 3.80. The van der Waals surface area contributed by atoms with E-state index in [-0.39, 0.29) is 0 Å². The van der Waals surface area contributed by atoms with Crippen LogP contribution in [0.2, 0.25) is 0 Å². The summed E-state index contributed by atoms with van der Waals surface area (Å²) in [4.78, 5) is 13.3.